The molecule has 0 saturated carbocycles. The molecule has 0 aliphatic heterocycles. The molecule has 1 aliphatic rings. The van der Waals surface area contributed by atoms with Gasteiger partial charge in [-0.15, -0.1) is 0 Å². The van der Waals surface area contributed by atoms with Crippen molar-refractivity contribution < 1.29 is 13.2 Å². The maximum absolute atomic E-state index is 12.9. The number of alkyl halides is 3. The molecule has 0 atom stereocenters. The number of rotatable bonds is 7. The molecular weight excluding hydrogens is 478 g/mol. The van der Waals surface area contributed by atoms with Crippen LogP contribution in [0.5, 0.6) is 0 Å². The van der Waals surface area contributed by atoms with Gasteiger partial charge in [0.25, 0.3) is 0 Å². The van der Waals surface area contributed by atoms with Crippen molar-refractivity contribution in [1.29, 1.82) is 0 Å². The van der Waals surface area contributed by atoms with Crippen LogP contribution in [0.2, 0.25) is 0 Å². The molecule has 166 valence electrons. The summed E-state index contributed by atoms with van der Waals surface area (Å²) < 4.78 is 42.6. The van der Waals surface area contributed by atoms with Crippen LogP contribution in [-0.2, 0) is 12.7 Å². The van der Waals surface area contributed by atoms with Gasteiger partial charge >= 0.3 is 192 Å². The molecule has 32 heavy (non-hydrogen) atoms. The minimum atomic E-state index is -4.32. The molecule has 0 fully saturated rings. The average Bonchev–Trinajstić information content (AvgIpc) is 3.20. The van der Waals surface area contributed by atoms with E-state index in [1.165, 1.54) is 12.0 Å². The Morgan fingerprint density at radius 2 is 1.78 bits per heavy atom. The van der Waals surface area contributed by atoms with Crippen molar-refractivity contribution in [3.8, 4) is 0 Å². The number of benzene rings is 2. The Kier molecular flexibility index (Phi) is 7.28. The fourth-order valence-electron chi connectivity index (χ4n) is 3.61. The van der Waals surface area contributed by atoms with Crippen LogP contribution >= 0.6 is 0 Å². The SMILES string of the molecule is FC(F)(F)c1ccc([Se]c2c(C3=CCCCC3)nnn2CC/C=C/c2ccccc2)cc1. The number of aromatic nitrogens is 3. The Bertz CT molecular complexity index is 1080. The van der Waals surface area contributed by atoms with Gasteiger partial charge in [-0.05, 0) is 0 Å². The van der Waals surface area contributed by atoms with Crippen LogP contribution < -0.4 is 9.05 Å². The molecule has 0 amide bonds. The van der Waals surface area contributed by atoms with E-state index in [2.05, 4.69) is 40.7 Å². The van der Waals surface area contributed by atoms with E-state index in [9.17, 15) is 13.2 Å². The number of allylic oxidation sites excluding steroid dienone is 3. The minimum absolute atomic E-state index is 0.190. The van der Waals surface area contributed by atoms with E-state index in [-0.39, 0.29) is 15.0 Å². The summed E-state index contributed by atoms with van der Waals surface area (Å²) in [6.07, 6.45) is 7.24. The van der Waals surface area contributed by atoms with Crippen molar-refractivity contribution in [1.82, 2.24) is 15.0 Å². The van der Waals surface area contributed by atoms with Crippen molar-refractivity contribution in [3.05, 3.63) is 83.6 Å². The third-order valence-electron chi connectivity index (χ3n) is 5.30. The summed E-state index contributed by atoms with van der Waals surface area (Å²) in [4.78, 5) is 0. The monoisotopic (exact) mass is 503 g/mol. The predicted molar refractivity (Wildman–Crippen MR) is 123 cm³/mol. The fourth-order valence-corrected chi connectivity index (χ4v) is 5.70. The van der Waals surface area contributed by atoms with Gasteiger partial charge in [0.15, 0.2) is 0 Å². The van der Waals surface area contributed by atoms with E-state index < -0.39 is 11.7 Å². The van der Waals surface area contributed by atoms with Crippen LogP contribution in [0.3, 0.4) is 0 Å². The second kappa shape index (κ2) is 10.3. The molecule has 3 aromatic rings. The molecule has 0 unspecified atom stereocenters. The van der Waals surface area contributed by atoms with Gasteiger partial charge in [-0.2, -0.15) is 0 Å². The zero-order valence-corrected chi connectivity index (χ0v) is 19.3. The van der Waals surface area contributed by atoms with Crippen molar-refractivity contribution >= 4 is 35.7 Å². The van der Waals surface area contributed by atoms with Crippen LogP contribution in [0, 0.1) is 0 Å². The predicted octanol–water partition coefficient (Wildman–Crippen LogP) is 5.01. The van der Waals surface area contributed by atoms with E-state index in [0.717, 1.165) is 58.1 Å². The summed E-state index contributed by atoms with van der Waals surface area (Å²) in [7, 11) is 0. The summed E-state index contributed by atoms with van der Waals surface area (Å²) in [5.74, 6) is 0. The van der Waals surface area contributed by atoms with Crippen LogP contribution in [0.1, 0.15) is 48.9 Å². The molecule has 3 nitrogen and oxygen atoms in total. The number of aryl methyl sites for hydroxylation is 1. The summed E-state index contributed by atoms with van der Waals surface area (Å²) in [5.41, 5.74) is 2.65. The number of halogens is 3. The zero-order chi connectivity index (χ0) is 22.4. The van der Waals surface area contributed by atoms with Gasteiger partial charge in [0.05, 0.1) is 0 Å². The van der Waals surface area contributed by atoms with E-state index in [1.807, 2.05) is 22.9 Å². The van der Waals surface area contributed by atoms with Gasteiger partial charge in [0, 0.05) is 0 Å². The van der Waals surface area contributed by atoms with Crippen molar-refractivity contribution in [2.75, 3.05) is 0 Å². The first-order valence-electron chi connectivity index (χ1n) is 10.7. The van der Waals surface area contributed by atoms with E-state index in [4.69, 9.17) is 0 Å². The van der Waals surface area contributed by atoms with Gasteiger partial charge in [-0.25, -0.2) is 0 Å². The molecule has 0 bridgehead atoms. The van der Waals surface area contributed by atoms with Crippen LogP contribution in [0.15, 0.2) is 66.7 Å². The first-order valence-corrected chi connectivity index (χ1v) is 12.4. The molecule has 2 aromatic carbocycles. The van der Waals surface area contributed by atoms with Gasteiger partial charge in [0.2, 0.25) is 0 Å². The molecule has 0 spiro atoms. The molecule has 1 aromatic heterocycles. The molecule has 4 rings (SSSR count). The maximum atomic E-state index is 12.9. The van der Waals surface area contributed by atoms with Crippen molar-refractivity contribution in [2.45, 2.75) is 44.8 Å². The molecule has 0 saturated heterocycles. The molecule has 0 radical (unpaired) electrons. The summed E-state index contributed by atoms with van der Waals surface area (Å²) in [5, 5.41) is 8.90. The van der Waals surface area contributed by atoms with Crippen LogP contribution in [0.4, 0.5) is 13.2 Å². The second-order valence-electron chi connectivity index (χ2n) is 7.67. The third-order valence-corrected chi connectivity index (χ3v) is 7.62. The summed E-state index contributed by atoms with van der Waals surface area (Å²) in [6.45, 7) is 0.682. The summed E-state index contributed by atoms with van der Waals surface area (Å²) in [6, 6.07) is 15.6. The van der Waals surface area contributed by atoms with Crippen molar-refractivity contribution in [3.63, 3.8) is 0 Å². The topological polar surface area (TPSA) is 30.7 Å². The normalized spacial score (nSPS) is 14.7. The number of hydrogen-bond acceptors (Lipinski definition) is 2. The molecule has 7 heteroatoms. The fraction of sp³-hybridized carbons (Fsp3) is 0.280. The Balaban J connectivity index is 1.54. The Hall–Kier alpha value is -2.63. The first-order chi connectivity index (χ1) is 15.5. The van der Waals surface area contributed by atoms with Gasteiger partial charge in [-0.3, -0.25) is 0 Å². The van der Waals surface area contributed by atoms with E-state index in [1.54, 1.807) is 12.1 Å². The van der Waals surface area contributed by atoms with Crippen LogP contribution in [0.25, 0.3) is 11.6 Å². The van der Waals surface area contributed by atoms with Gasteiger partial charge in [0.1, 0.15) is 0 Å². The van der Waals surface area contributed by atoms with Gasteiger partial charge in [-0.1, -0.05) is 0 Å². The Morgan fingerprint density at radius 3 is 2.47 bits per heavy atom. The van der Waals surface area contributed by atoms with E-state index in [0.29, 0.717) is 6.54 Å². The molecular formula is C25H24F3N3Se. The Morgan fingerprint density at radius 1 is 1.00 bits per heavy atom. The third kappa shape index (κ3) is 5.78. The van der Waals surface area contributed by atoms with E-state index >= 15 is 0 Å². The van der Waals surface area contributed by atoms with Crippen LogP contribution in [-0.4, -0.2) is 30.0 Å². The molecule has 0 N–H and O–H groups in total. The quantitative estimate of drug-likeness (QED) is 0.426. The number of hydrogen-bond donors (Lipinski definition) is 0. The van der Waals surface area contributed by atoms with Gasteiger partial charge < -0.3 is 0 Å². The Labute approximate surface area is 192 Å². The zero-order valence-electron chi connectivity index (χ0n) is 17.6. The number of nitrogens with zero attached hydrogens (tertiary/aromatic N) is 3. The van der Waals surface area contributed by atoms with Crippen molar-refractivity contribution in [2.24, 2.45) is 0 Å². The first kappa shape index (κ1) is 22.6. The average molecular weight is 502 g/mol. The second-order valence-corrected chi connectivity index (χ2v) is 9.90. The molecule has 1 heterocycles. The summed E-state index contributed by atoms with van der Waals surface area (Å²) >= 11 is -0.190. The standard InChI is InChI=1S/C25H24F3N3Se/c26-25(27,28)21-14-16-22(17-15-21)32-24-23(20-12-5-2-6-13-20)29-30-31(24)18-8-7-11-19-9-3-1-4-10-19/h1,3-4,7,9-12,14-17H,2,5-6,8,13,18H2/b11-7+. The molecule has 1 aliphatic carbocycles.